The quantitative estimate of drug-likeness (QED) is 0.827. The summed E-state index contributed by atoms with van der Waals surface area (Å²) < 4.78 is 5.23. The molecule has 0 bridgehead atoms. The van der Waals surface area contributed by atoms with E-state index < -0.39 is 0 Å². The van der Waals surface area contributed by atoms with Gasteiger partial charge in [-0.3, -0.25) is 4.79 Å². The summed E-state index contributed by atoms with van der Waals surface area (Å²) in [5, 5.41) is 0. The average Bonchev–Trinajstić information content (AvgIpc) is 2.47. The summed E-state index contributed by atoms with van der Waals surface area (Å²) in [6.45, 7) is 2.66. The fourth-order valence-electron chi connectivity index (χ4n) is 1.95. The van der Waals surface area contributed by atoms with Crippen molar-refractivity contribution in [3.63, 3.8) is 0 Å². The molecular formula is C14H20N2O2S. The first-order valence-corrected chi connectivity index (χ1v) is 7.53. The molecule has 5 heteroatoms. The van der Waals surface area contributed by atoms with Gasteiger partial charge in [-0.1, -0.05) is 18.2 Å². The zero-order valence-electron chi connectivity index (χ0n) is 11.0. The molecule has 0 aliphatic carbocycles. The van der Waals surface area contributed by atoms with Gasteiger partial charge in [0.1, 0.15) is 0 Å². The number of hydrogen-bond acceptors (Lipinski definition) is 4. The molecule has 1 amide bonds. The van der Waals surface area contributed by atoms with E-state index >= 15 is 0 Å². The van der Waals surface area contributed by atoms with Crippen LogP contribution in [0.4, 0.5) is 0 Å². The zero-order valence-corrected chi connectivity index (χ0v) is 11.8. The van der Waals surface area contributed by atoms with Crippen LogP contribution >= 0.6 is 11.8 Å². The van der Waals surface area contributed by atoms with E-state index in [2.05, 4.69) is 12.1 Å². The fraction of sp³-hybridized carbons (Fsp3) is 0.500. The minimum Gasteiger partial charge on any atom is -0.378 e. The van der Waals surface area contributed by atoms with E-state index in [0.29, 0.717) is 32.7 Å². The Kier molecular flexibility index (Phi) is 5.69. The van der Waals surface area contributed by atoms with Gasteiger partial charge in [-0.15, -0.1) is 11.8 Å². The predicted octanol–water partition coefficient (Wildman–Crippen LogP) is 1.35. The third kappa shape index (κ3) is 4.86. The van der Waals surface area contributed by atoms with Gasteiger partial charge in [0.15, 0.2) is 0 Å². The van der Waals surface area contributed by atoms with Crippen LogP contribution in [-0.2, 0) is 9.53 Å². The van der Waals surface area contributed by atoms with Gasteiger partial charge in [0.2, 0.25) is 5.91 Å². The van der Waals surface area contributed by atoms with Crippen LogP contribution in [0.25, 0.3) is 0 Å². The molecule has 2 N–H and O–H groups in total. The second-order valence-corrected chi connectivity index (χ2v) is 5.67. The minimum absolute atomic E-state index is 0.0967. The third-order valence-corrected chi connectivity index (χ3v) is 4.21. The van der Waals surface area contributed by atoms with Crippen molar-refractivity contribution >= 4 is 17.7 Å². The standard InChI is InChI=1S/C14H20N2O2S/c15-12(11-19-13-4-2-1-3-5-13)10-14(17)16-6-8-18-9-7-16/h1-5,12H,6-11,15H2/t12-/m1/s1. The number of nitrogens with zero attached hydrogens (tertiary/aromatic N) is 1. The summed E-state index contributed by atoms with van der Waals surface area (Å²) >= 11 is 1.70. The number of rotatable bonds is 5. The van der Waals surface area contributed by atoms with Gasteiger partial charge < -0.3 is 15.4 Å². The summed E-state index contributed by atoms with van der Waals surface area (Å²) in [5.41, 5.74) is 6.03. The van der Waals surface area contributed by atoms with Crippen LogP contribution in [0, 0.1) is 0 Å². The number of morpholine rings is 1. The Morgan fingerprint density at radius 3 is 2.68 bits per heavy atom. The van der Waals surface area contributed by atoms with Crippen LogP contribution in [0.1, 0.15) is 6.42 Å². The molecule has 1 aromatic carbocycles. The van der Waals surface area contributed by atoms with Crippen molar-refractivity contribution in [3.05, 3.63) is 30.3 Å². The second-order valence-electron chi connectivity index (χ2n) is 4.58. The smallest absolute Gasteiger partial charge is 0.224 e. The highest BCUT2D eigenvalue weighted by Crippen LogP contribution is 2.18. The molecule has 0 unspecified atom stereocenters. The molecule has 1 heterocycles. The van der Waals surface area contributed by atoms with Crippen molar-refractivity contribution in [1.29, 1.82) is 0 Å². The lowest BCUT2D eigenvalue weighted by Gasteiger charge is -2.27. The third-order valence-electron chi connectivity index (χ3n) is 3.01. The van der Waals surface area contributed by atoms with Crippen molar-refractivity contribution < 1.29 is 9.53 Å². The highest BCUT2D eigenvalue weighted by molar-refractivity contribution is 7.99. The van der Waals surface area contributed by atoms with Crippen molar-refractivity contribution in [1.82, 2.24) is 4.90 Å². The molecule has 1 fully saturated rings. The maximum Gasteiger partial charge on any atom is 0.224 e. The Morgan fingerprint density at radius 2 is 2.00 bits per heavy atom. The number of amides is 1. The number of carbonyl (C=O) groups excluding carboxylic acids is 1. The SMILES string of the molecule is N[C@@H](CSc1ccccc1)CC(=O)N1CCOCC1. The van der Waals surface area contributed by atoms with Crippen LogP contribution in [-0.4, -0.2) is 48.9 Å². The maximum atomic E-state index is 12.0. The largest absolute Gasteiger partial charge is 0.378 e. The van der Waals surface area contributed by atoms with Crippen molar-refractivity contribution in [2.24, 2.45) is 5.73 Å². The van der Waals surface area contributed by atoms with Crippen molar-refractivity contribution in [2.75, 3.05) is 32.1 Å². The molecule has 0 aromatic heterocycles. The van der Waals surface area contributed by atoms with E-state index in [4.69, 9.17) is 10.5 Å². The van der Waals surface area contributed by atoms with E-state index in [1.807, 2.05) is 23.1 Å². The highest BCUT2D eigenvalue weighted by Gasteiger charge is 2.19. The molecule has 19 heavy (non-hydrogen) atoms. The number of ether oxygens (including phenoxy) is 1. The van der Waals surface area contributed by atoms with E-state index in [-0.39, 0.29) is 11.9 Å². The second kappa shape index (κ2) is 7.53. The monoisotopic (exact) mass is 280 g/mol. The van der Waals surface area contributed by atoms with Crippen molar-refractivity contribution in [3.8, 4) is 0 Å². The Labute approximate surface area is 118 Å². The molecule has 1 aromatic rings. The number of hydrogen-bond donors (Lipinski definition) is 1. The van der Waals surface area contributed by atoms with E-state index in [1.54, 1.807) is 11.8 Å². The van der Waals surface area contributed by atoms with Gasteiger partial charge in [-0.2, -0.15) is 0 Å². The van der Waals surface area contributed by atoms with Crippen molar-refractivity contribution in [2.45, 2.75) is 17.4 Å². The number of nitrogens with two attached hydrogens (primary N) is 1. The summed E-state index contributed by atoms with van der Waals surface area (Å²) in [7, 11) is 0. The molecule has 4 nitrogen and oxygen atoms in total. The van der Waals surface area contributed by atoms with E-state index in [0.717, 1.165) is 5.75 Å². The first kappa shape index (κ1) is 14.4. The Balaban J connectivity index is 1.71. The summed E-state index contributed by atoms with van der Waals surface area (Å²) in [4.78, 5) is 15.0. The first-order chi connectivity index (χ1) is 9.25. The van der Waals surface area contributed by atoms with E-state index in [9.17, 15) is 4.79 Å². The minimum atomic E-state index is -0.0967. The molecule has 1 aliphatic rings. The number of thioether (sulfide) groups is 1. The molecule has 1 aliphatic heterocycles. The topological polar surface area (TPSA) is 55.6 Å². The highest BCUT2D eigenvalue weighted by atomic mass is 32.2. The van der Waals surface area contributed by atoms with Gasteiger partial charge in [-0.25, -0.2) is 0 Å². The molecule has 0 saturated carbocycles. The van der Waals surface area contributed by atoms with Gasteiger partial charge in [0.05, 0.1) is 13.2 Å². The predicted molar refractivity (Wildman–Crippen MR) is 77.2 cm³/mol. The Hall–Kier alpha value is -1.04. The fourth-order valence-corrected chi connectivity index (χ4v) is 2.82. The molecule has 0 radical (unpaired) electrons. The lowest BCUT2D eigenvalue weighted by Crippen LogP contribution is -2.43. The lowest BCUT2D eigenvalue weighted by molar-refractivity contribution is -0.135. The van der Waals surface area contributed by atoms with Crippen LogP contribution in [0.15, 0.2) is 35.2 Å². The molecule has 104 valence electrons. The van der Waals surface area contributed by atoms with Gasteiger partial charge >= 0.3 is 0 Å². The first-order valence-electron chi connectivity index (χ1n) is 6.54. The van der Waals surface area contributed by atoms with Crippen LogP contribution in [0.2, 0.25) is 0 Å². The number of benzene rings is 1. The summed E-state index contributed by atoms with van der Waals surface area (Å²) in [5.74, 6) is 0.907. The van der Waals surface area contributed by atoms with Gasteiger partial charge in [0.25, 0.3) is 0 Å². The molecular weight excluding hydrogens is 260 g/mol. The van der Waals surface area contributed by atoms with Gasteiger partial charge in [0, 0.05) is 36.2 Å². The molecule has 1 saturated heterocycles. The van der Waals surface area contributed by atoms with Crippen LogP contribution < -0.4 is 5.73 Å². The molecule has 0 spiro atoms. The van der Waals surface area contributed by atoms with Crippen LogP contribution in [0.5, 0.6) is 0 Å². The lowest BCUT2D eigenvalue weighted by atomic mass is 10.2. The normalized spacial score (nSPS) is 17.2. The number of carbonyl (C=O) groups is 1. The van der Waals surface area contributed by atoms with Crippen LogP contribution in [0.3, 0.4) is 0 Å². The Morgan fingerprint density at radius 1 is 1.32 bits per heavy atom. The summed E-state index contributed by atoms with van der Waals surface area (Å²) in [6, 6.07) is 10.0. The zero-order chi connectivity index (χ0) is 13.5. The summed E-state index contributed by atoms with van der Waals surface area (Å²) in [6.07, 6.45) is 0.417. The van der Waals surface area contributed by atoms with E-state index in [1.165, 1.54) is 4.90 Å². The molecule has 2 rings (SSSR count). The Bertz CT molecular complexity index is 394. The average molecular weight is 280 g/mol. The van der Waals surface area contributed by atoms with Gasteiger partial charge in [-0.05, 0) is 12.1 Å². The maximum absolute atomic E-state index is 12.0. The molecule has 1 atom stereocenters.